The maximum Gasteiger partial charge on any atom is 0.286 e. The zero-order valence-electron chi connectivity index (χ0n) is 14.7. The average Bonchev–Trinajstić information content (AvgIpc) is 2.71. The number of benzene rings is 2. The molecular weight excluding hydrogens is 340 g/mol. The largest absolute Gasteiger partial charge is 0.423 e. The first kappa shape index (κ1) is 16.8. The smallest absolute Gasteiger partial charge is 0.286 e. The Morgan fingerprint density at radius 2 is 1.56 bits per heavy atom. The molecule has 4 aromatic rings. The molecule has 0 aliphatic rings. The average molecular weight is 358 g/mol. The van der Waals surface area contributed by atoms with Gasteiger partial charge in [-0.1, -0.05) is 60.7 Å². The lowest BCUT2D eigenvalue weighted by atomic mass is 9.98. The molecule has 0 saturated heterocycles. The van der Waals surface area contributed by atoms with Gasteiger partial charge in [-0.25, -0.2) is 9.97 Å². The van der Waals surface area contributed by atoms with Crippen LogP contribution in [0, 0.1) is 6.92 Å². The van der Waals surface area contributed by atoms with Crippen LogP contribution in [-0.2, 0) is 0 Å². The minimum Gasteiger partial charge on any atom is -0.423 e. The van der Waals surface area contributed by atoms with Gasteiger partial charge in [0, 0.05) is 6.07 Å². The highest BCUT2D eigenvalue weighted by Gasteiger charge is 2.18. The van der Waals surface area contributed by atoms with E-state index in [0.717, 1.165) is 11.1 Å². The van der Waals surface area contributed by atoms with Gasteiger partial charge in [-0.2, -0.15) is 0 Å². The van der Waals surface area contributed by atoms with E-state index in [1.807, 2.05) is 67.6 Å². The molecule has 2 aromatic carbocycles. The number of nitrogens with zero attached hydrogens (tertiary/aromatic N) is 3. The van der Waals surface area contributed by atoms with Crippen LogP contribution in [0.15, 0.2) is 77.9 Å². The monoisotopic (exact) mass is 358 g/mol. The van der Waals surface area contributed by atoms with Crippen LogP contribution in [0.1, 0.15) is 22.9 Å². The quantitative estimate of drug-likeness (QED) is 0.546. The van der Waals surface area contributed by atoms with Gasteiger partial charge >= 0.3 is 0 Å². The zero-order valence-corrected chi connectivity index (χ0v) is 14.7. The lowest BCUT2D eigenvalue weighted by molar-refractivity contribution is 0.186. The van der Waals surface area contributed by atoms with Crippen molar-refractivity contribution in [1.29, 1.82) is 0 Å². The predicted octanol–water partition coefficient (Wildman–Crippen LogP) is 3.54. The van der Waals surface area contributed by atoms with Gasteiger partial charge < -0.3 is 10.5 Å². The van der Waals surface area contributed by atoms with Gasteiger partial charge in [-0.05, 0) is 18.1 Å². The van der Waals surface area contributed by atoms with Crippen molar-refractivity contribution < 1.29 is 5.21 Å². The van der Waals surface area contributed by atoms with Crippen LogP contribution < -0.4 is 10.9 Å². The summed E-state index contributed by atoms with van der Waals surface area (Å²) in [4.78, 5) is 20.5. The van der Waals surface area contributed by atoms with Crippen LogP contribution in [-0.4, -0.2) is 19.9 Å². The highest BCUT2D eigenvalue weighted by Crippen LogP contribution is 2.30. The van der Waals surface area contributed by atoms with E-state index in [4.69, 9.17) is 0 Å². The summed E-state index contributed by atoms with van der Waals surface area (Å²) in [6.07, 6.45) is 1.33. The molecule has 2 aromatic heterocycles. The zero-order chi connectivity index (χ0) is 18.8. The summed E-state index contributed by atoms with van der Waals surface area (Å²) in [5.74, 6) is 0. The molecule has 6 heteroatoms. The van der Waals surface area contributed by atoms with Crippen LogP contribution >= 0.6 is 0 Å². The molecule has 0 unspecified atom stereocenters. The second-order valence-corrected chi connectivity index (χ2v) is 6.26. The molecule has 0 bridgehead atoms. The fraction of sp³-hybridized carbons (Fsp3) is 0.0952. The van der Waals surface area contributed by atoms with Gasteiger partial charge in [0.15, 0.2) is 5.65 Å². The fourth-order valence-electron chi connectivity index (χ4n) is 3.22. The fourth-order valence-corrected chi connectivity index (χ4v) is 3.22. The number of anilines is 1. The summed E-state index contributed by atoms with van der Waals surface area (Å²) in [6, 6.07) is 21.2. The Morgan fingerprint density at radius 3 is 2.15 bits per heavy atom. The van der Waals surface area contributed by atoms with E-state index in [2.05, 4.69) is 15.3 Å². The number of nitrogens with one attached hydrogen (secondary N) is 1. The Balaban J connectivity index is 1.90. The molecular formula is C21H18N4O2. The minimum atomic E-state index is -0.553. The standard InChI is InChI=1S/C21H18N4O2/c1-14-19-17(12-18(26)25(27)21(19)23-13-22-14)24-20(15-8-4-2-5-9-15)16-10-6-3-7-11-16/h2-13,20,24,27H,1H3. The maximum absolute atomic E-state index is 12.2. The van der Waals surface area contributed by atoms with E-state index in [9.17, 15) is 10.0 Å². The molecule has 4 rings (SSSR count). The summed E-state index contributed by atoms with van der Waals surface area (Å²) in [6.45, 7) is 1.82. The van der Waals surface area contributed by atoms with Crippen LogP contribution in [0.25, 0.3) is 11.0 Å². The van der Waals surface area contributed by atoms with E-state index >= 15 is 0 Å². The van der Waals surface area contributed by atoms with E-state index < -0.39 is 5.56 Å². The van der Waals surface area contributed by atoms with Crippen molar-refractivity contribution in [2.75, 3.05) is 5.32 Å². The molecule has 27 heavy (non-hydrogen) atoms. The molecule has 0 atom stereocenters. The molecule has 0 spiro atoms. The third-order valence-corrected chi connectivity index (χ3v) is 4.53. The van der Waals surface area contributed by atoms with Gasteiger partial charge in [0.2, 0.25) is 0 Å². The number of fused-ring (bicyclic) bond motifs is 1. The van der Waals surface area contributed by atoms with Crippen molar-refractivity contribution in [2.45, 2.75) is 13.0 Å². The van der Waals surface area contributed by atoms with Crippen molar-refractivity contribution in [1.82, 2.24) is 14.7 Å². The first-order chi connectivity index (χ1) is 13.1. The van der Waals surface area contributed by atoms with Crippen molar-refractivity contribution in [3.8, 4) is 0 Å². The highest BCUT2D eigenvalue weighted by atomic mass is 16.5. The SMILES string of the molecule is Cc1ncnc2c1c(NC(c1ccccc1)c1ccccc1)cc(=O)n2O. The second-order valence-electron chi connectivity index (χ2n) is 6.26. The molecule has 2 N–H and O–H groups in total. The normalized spacial score (nSPS) is 11.0. The summed E-state index contributed by atoms with van der Waals surface area (Å²) in [5, 5.41) is 14.1. The summed E-state index contributed by atoms with van der Waals surface area (Å²) < 4.78 is 0.551. The van der Waals surface area contributed by atoms with Gasteiger partial charge in [0.25, 0.3) is 5.56 Å². The van der Waals surface area contributed by atoms with Crippen molar-refractivity contribution in [3.63, 3.8) is 0 Å². The second kappa shape index (κ2) is 6.92. The topological polar surface area (TPSA) is 80.0 Å². The first-order valence-electron chi connectivity index (χ1n) is 8.58. The van der Waals surface area contributed by atoms with E-state index in [0.29, 0.717) is 21.5 Å². The summed E-state index contributed by atoms with van der Waals surface area (Å²) in [7, 11) is 0. The van der Waals surface area contributed by atoms with Gasteiger partial charge in [-0.3, -0.25) is 4.79 Å². The molecule has 0 aliphatic heterocycles. The Kier molecular flexibility index (Phi) is 4.30. The molecule has 0 aliphatic carbocycles. The Bertz CT molecular complexity index is 1100. The van der Waals surface area contributed by atoms with Crippen LogP contribution in [0.2, 0.25) is 0 Å². The number of rotatable bonds is 4. The molecule has 0 fully saturated rings. The molecule has 2 heterocycles. The first-order valence-corrected chi connectivity index (χ1v) is 8.58. The highest BCUT2D eigenvalue weighted by molar-refractivity contribution is 5.91. The van der Waals surface area contributed by atoms with Gasteiger partial charge in [0.05, 0.1) is 22.8 Å². The minimum absolute atomic E-state index is 0.177. The number of hydrogen-bond acceptors (Lipinski definition) is 5. The van der Waals surface area contributed by atoms with Crippen molar-refractivity contribution >= 4 is 16.7 Å². The van der Waals surface area contributed by atoms with E-state index in [1.54, 1.807) is 0 Å². The van der Waals surface area contributed by atoms with Crippen LogP contribution in [0.3, 0.4) is 0 Å². The van der Waals surface area contributed by atoms with Gasteiger partial charge in [0.1, 0.15) is 6.33 Å². The Hall–Kier alpha value is -3.67. The summed E-state index contributed by atoms with van der Waals surface area (Å²) >= 11 is 0. The van der Waals surface area contributed by atoms with Crippen molar-refractivity contribution in [2.24, 2.45) is 0 Å². The number of aromatic nitrogens is 3. The molecule has 0 amide bonds. The predicted molar refractivity (Wildman–Crippen MR) is 104 cm³/mol. The Labute approximate surface area is 155 Å². The molecule has 0 saturated carbocycles. The van der Waals surface area contributed by atoms with Crippen molar-refractivity contribution in [3.05, 3.63) is 100 Å². The number of pyridine rings is 1. The molecule has 134 valence electrons. The van der Waals surface area contributed by atoms with E-state index in [-0.39, 0.29) is 11.7 Å². The van der Waals surface area contributed by atoms with Gasteiger partial charge in [-0.15, -0.1) is 4.73 Å². The number of hydrogen-bond donors (Lipinski definition) is 2. The lowest BCUT2D eigenvalue weighted by Gasteiger charge is -2.22. The maximum atomic E-state index is 12.2. The number of aryl methyl sites for hydroxylation is 1. The van der Waals surface area contributed by atoms with Crippen LogP contribution in [0.4, 0.5) is 5.69 Å². The molecule has 0 radical (unpaired) electrons. The third-order valence-electron chi connectivity index (χ3n) is 4.53. The molecule has 6 nitrogen and oxygen atoms in total. The third kappa shape index (κ3) is 3.13. The summed E-state index contributed by atoms with van der Waals surface area (Å²) in [5.41, 5.74) is 2.99. The lowest BCUT2D eigenvalue weighted by Crippen LogP contribution is -2.21. The van der Waals surface area contributed by atoms with E-state index in [1.165, 1.54) is 12.4 Å². The van der Waals surface area contributed by atoms with Crippen LogP contribution in [0.5, 0.6) is 0 Å². The Morgan fingerprint density at radius 1 is 0.963 bits per heavy atom.